The molecule has 1 aromatic heterocycles. The van der Waals surface area contributed by atoms with E-state index in [0.29, 0.717) is 6.54 Å². The van der Waals surface area contributed by atoms with Gasteiger partial charge in [-0.05, 0) is 25.5 Å². The monoisotopic (exact) mass is 261 g/mol. The number of hydrogen-bond acceptors (Lipinski definition) is 5. The molecule has 0 saturated carbocycles. The molecule has 0 amide bonds. The van der Waals surface area contributed by atoms with Crippen molar-refractivity contribution >= 4 is 17.5 Å². The topological polar surface area (TPSA) is 67.1 Å². The van der Waals surface area contributed by atoms with Crippen LogP contribution in [0.4, 0.5) is 21.8 Å². The number of benzene rings is 1. The first kappa shape index (κ1) is 13.2. The quantitative estimate of drug-likeness (QED) is 0.653. The molecule has 0 aliphatic carbocycles. The van der Waals surface area contributed by atoms with Gasteiger partial charge in [0.15, 0.2) is 11.6 Å². The Morgan fingerprint density at radius 2 is 2.11 bits per heavy atom. The maximum absolute atomic E-state index is 13.9. The molecule has 1 aromatic carbocycles. The fourth-order valence-electron chi connectivity index (χ4n) is 1.92. The molecule has 6 heteroatoms. The second-order valence-electron chi connectivity index (χ2n) is 4.04. The van der Waals surface area contributed by atoms with Crippen LogP contribution < -0.4 is 16.2 Å². The molecule has 0 radical (unpaired) electrons. The summed E-state index contributed by atoms with van der Waals surface area (Å²) in [6, 6.07) is 7.75. The van der Waals surface area contributed by atoms with Crippen LogP contribution in [-0.4, -0.2) is 16.5 Å². The Morgan fingerprint density at radius 3 is 2.74 bits per heavy atom. The Balaban J connectivity index is 2.51. The molecule has 5 nitrogen and oxygen atoms in total. The zero-order valence-corrected chi connectivity index (χ0v) is 10.9. The lowest BCUT2D eigenvalue weighted by Gasteiger charge is -2.24. The Morgan fingerprint density at radius 1 is 1.37 bits per heavy atom. The molecular formula is C13H16FN5. The van der Waals surface area contributed by atoms with Crippen LogP contribution in [0.2, 0.25) is 0 Å². The lowest BCUT2D eigenvalue weighted by atomic mass is 10.2. The third kappa shape index (κ3) is 2.63. The van der Waals surface area contributed by atoms with Gasteiger partial charge < -0.3 is 4.90 Å². The largest absolute Gasteiger partial charge is 0.324 e. The minimum absolute atomic E-state index is 0.184. The van der Waals surface area contributed by atoms with Crippen molar-refractivity contribution in [3.8, 4) is 0 Å². The van der Waals surface area contributed by atoms with Gasteiger partial charge in [-0.1, -0.05) is 18.2 Å². The second-order valence-corrected chi connectivity index (χ2v) is 4.04. The average molecular weight is 261 g/mol. The van der Waals surface area contributed by atoms with E-state index in [4.69, 9.17) is 5.84 Å². The van der Waals surface area contributed by atoms with Crippen LogP contribution in [0, 0.1) is 12.7 Å². The molecule has 0 bridgehead atoms. The highest BCUT2D eigenvalue weighted by molar-refractivity contribution is 5.64. The number of halogens is 1. The van der Waals surface area contributed by atoms with Crippen molar-refractivity contribution in [2.45, 2.75) is 13.8 Å². The Bertz CT molecular complexity index is 573. The molecule has 0 saturated heterocycles. The van der Waals surface area contributed by atoms with Gasteiger partial charge in [-0.3, -0.25) is 5.43 Å². The molecule has 19 heavy (non-hydrogen) atoms. The van der Waals surface area contributed by atoms with Crippen LogP contribution in [0.1, 0.15) is 12.5 Å². The first-order chi connectivity index (χ1) is 9.17. The zero-order valence-electron chi connectivity index (χ0n) is 10.9. The van der Waals surface area contributed by atoms with Gasteiger partial charge in [-0.25, -0.2) is 15.2 Å². The van der Waals surface area contributed by atoms with Crippen molar-refractivity contribution in [2.24, 2.45) is 5.84 Å². The van der Waals surface area contributed by atoms with Gasteiger partial charge in [0.05, 0.1) is 6.20 Å². The summed E-state index contributed by atoms with van der Waals surface area (Å²) in [7, 11) is 0. The summed E-state index contributed by atoms with van der Waals surface area (Å²) in [5.74, 6) is 5.17. The van der Waals surface area contributed by atoms with Gasteiger partial charge in [-0.2, -0.15) is 4.98 Å². The Kier molecular flexibility index (Phi) is 3.91. The number of rotatable bonds is 4. The van der Waals surface area contributed by atoms with Crippen LogP contribution >= 0.6 is 0 Å². The van der Waals surface area contributed by atoms with Crippen LogP contribution in [0.25, 0.3) is 0 Å². The first-order valence-corrected chi connectivity index (χ1v) is 5.99. The van der Waals surface area contributed by atoms with E-state index in [1.54, 1.807) is 4.90 Å². The van der Waals surface area contributed by atoms with Crippen molar-refractivity contribution in [2.75, 3.05) is 16.9 Å². The fourth-order valence-corrected chi connectivity index (χ4v) is 1.92. The van der Waals surface area contributed by atoms with Gasteiger partial charge in [0.2, 0.25) is 5.95 Å². The van der Waals surface area contributed by atoms with Crippen LogP contribution in [0.5, 0.6) is 0 Å². The molecule has 0 atom stereocenters. The van der Waals surface area contributed by atoms with E-state index in [0.717, 1.165) is 17.4 Å². The summed E-state index contributed by atoms with van der Waals surface area (Å²) in [5, 5.41) is 0. The summed E-state index contributed by atoms with van der Waals surface area (Å²) < 4.78 is 13.9. The number of hydrazine groups is 1. The Labute approximate surface area is 111 Å². The van der Waals surface area contributed by atoms with Gasteiger partial charge in [0.25, 0.3) is 0 Å². The standard InChI is InChI=1S/C13H16FN5/c1-3-19(11-7-5-4-6-9(11)2)12-10(14)8-16-13(17-12)18-15/h4-8H,3,15H2,1-2H3,(H,16,17,18). The third-order valence-electron chi connectivity index (χ3n) is 2.83. The molecule has 0 unspecified atom stereocenters. The van der Waals surface area contributed by atoms with E-state index in [2.05, 4.69) is 15.4 Å². The molecule has 2 aromatic rings. The van der Waals surface area contributed by atoms with E-state index < -0.39 is 5.82 Å². The van der Waals surface area contributed by atoms with E-state index >= 15 is 0 Å². The average Bonchev–Trinajstić information content (AvgIpc) is 2.43. The summed E-state index contributed by atoms with van der Waals surface area (Å²) in [5.41, 5.74) is 4.28. The molecule has 0 spiro atoms. The number of aryl methyl sites for hydroxylation is 1. The van der Waals surface area contributed by atoms with Gasteiger partial charge in [0, 0.05) is 12.2 Å². The van der Waals surface area contributed by atoms with E-state index in [9.17, 15) is 4.39 Å². The zero-order chi connectivity index (χ0) is 13.8. The lowest BCUT2D eigenvalue weighted by molar-refractivity contribution is 0.611. The number of nitrogens with two attached hydrogens (primary N) is 1. The van der Waals surface area contributed by atoms with E-state index in [1.165, 1.54) is 0 Å². The smallest absolute Gasteiger partial charge is 0.239 e. The summed E-state index contributed by atoms with van der Waals surface area (Å²) in [6.07, 6.45) is 1.11. The highest BCUT2D eigenvalue weighted by Gasteiger charge is 2.16. The fraction of sp³-hybridized carbons (Fsp3) is 0.231. The van der Waals surface area contributed by atoms with Gasteiger partial charge in [-0.15, -0.1) is 0 Å². The summed E-state index contributed by atoms with van der Waals surface area (Å²) in [6.45, 7) is 4.49. The predicted octanol–water partition coefficient (Wildman–Crippen LogP) is 2.37. The second kappa shape index (κ2) is 5.62. The minimum Gasteiger partial charge on any atom is -0.324 e. The number of anilines is 3. The molecule has 0 aliphatic heterocycles. The minimum atomic E-state index is -0.482. The number of nitrogen functional groups attached to an aromatic ring is 1. The number of nitrogens with zero attached hydrogens (tertiary/aromatic N) is 3. The first-order valence-electron chi connectivity index (χ1n) is 5.99. The molecule has 1 heterocycles. The highest BCUT2D eigenvalue weighted by atomic mass is 19.1. The molecular weight excluding hydrogens is 245 g/mol. The van der Waals surface area contributed by atoms with Crippen LogP contribution in [0.3, 0.4) is 0 Å². The summed E-state index contributed by atoms with van der Waals surface area (Å²) in [4.78, 5) is 9.61. The van der Waals surface area contributed by atoms with E-state index in [1.807, 2.05) is 38.1 Å². The van der Waals surface area contributed by atoms with Crippen LogP contribution in [-0.2, 0) is 0 Å². The highest BCUT2D eigenvalue weighted by Crippen LogP contribution is 2.28. The lowest BCUT2D eigenvalue weighted by Crippen LogP contribution is -2.21. The van der Waals surface area contributed by atoms with Crippen molar-refractivity contribution < 1.29 is 4.39 Å². The number of hydrogen-bond donors (Lipinski definition) is 2. The maximum atomic E-state index is 13.9. The normalized spacial score (nSPS) is 10.3. The third-order valence-corrected chi connectivity index (χ3v) is 2.83. The molecule has 100 valence electrons. The molecule has 0 aliphatic rings. The van der Waals surface area contributed by atoms with E-state index in [-0.39, 0.29) is 11.8 Å². The molecule has 0 fully saturated rings. The van der Waals surface area contributed by atoms with Crippen molar-refractivity contribution in [3.05, 3.63) is 41.8 Å². The van der Waals surface area contributed by atoms with Crippen molar-refractivity contribution in [3.63, 3.8) is 0 Å². The van der Waals surface area contributed by atoms with Crippen LogP contribution in [0.15, 0.2) is 30.5 Å². The Hall–Kier alpha value is -2.21. The number of aromatic nitrogens is 2. The van der Waals surface area contributed by atoms with Crippen molar-refractivity contribution in [1.82, 2.24) is 9.97 Å². The SMILES string of the molecule is CCN(c1ccccc1C)c1nc(NN)ncc1F. The van der Waals surface area contributed by atoms with Gasteiger partial charge in [0.1, 0.15) is 0 Å². The molecule has 3 N–H and O–H groups in total. The molecule has 2 rings (SSSR count). The van der Waals surface area contributed by atoms with Gasteiger partial charge >= 0.3 is 0 Å². The number of nitrogens with one attached hydrogen (secondary N) is 1. The predicted molar refractivity (Wildman–Crippen MR) is 73.7 cm³/mol. The summed E-state index contributed by atoms with van der Waals surface area (Å²) >= 11 is 0. The maximum Gasteiger partial charge on any atom is 0.239 e. The number of para-hydroxylation sites is 1. The van der Waals surface area contributed by atoms with Crippen molar-refractivity contribution in [1.29, 1.82) is 0 Å².